The number of ether oxygens (including phenoxy) is 9. The molecule has 1 aromatic heterocycles. The average Bonchev–Trinajstić information content (AvgIpc) is 3.91. The molecule has 0 aliphatic carbocycles. The lowest BCUT2D eigenvalue weighted by molar-refractivity contribution is -0.275. The molecule has 0 aromatic carbocycles. The number of nitrogens with one attached hydrogen (secondary N) is 3. The van der Waals surface area contributed by atoms with Gasteiger partial charge in [0.15, 0.2) is 30.1 Å². The number of aromatic amines is 1. The van der Waals surface area contributed by atoms with Crippen molar-refractivity contribution in [1.82, 2.24) is 20.2 Å². The van der Waals surface area contributed by atoms with E-state index in [0.29, 0.717) is 19.3 Å². The van der Waals surface area contributed by atoms with Gasteiger partial charge < -0.3 is 53.3 Å². The van der Waals surface area contributed by atoms with E-state index in [4.69, 9.17) is 42.6 Å². The predicted octanol–water partition coefficient (Wildman–Crippen LogP) is 5.64. The fourth-order valence-corrected chi connectivity index (χ4v) is 8.54. The number of alkyl carbamates (subject to hydrolysis) is 1. The van der Waals surface area contributed by atoms with Crippen molar-refractivity contribution in [2.24, 2.45) is 0 Å². The van der Waals surface area contributed by atoms with Gasteiger partial charge in [0.2, 0.25) is 5.91 Å². The Labute approximate surface area is 371 Å². The van der Waals surface area contributed by atoms with E-state index >= 15 is 0 Å². The third kappa shape index (κ3) is 13.6. The van der Waals surface area contributed by atoms with Crippen molar-refractivity contribution < 1.29 is 57.0 Å². The standard InChI is InChI=1S/C45H74N4O14/c1-12-15-16-17-18-19-20-21-22-23-28(50)47-30(38(52)62-42(4,5)6)32(33-34-35(59-44(10,11)58-34)37(56-33)49-25-24-29(51)48-40(49)53)57-39-36-31(60-45(13-2,14-3)61-36)27(55-39)26-46-41(54)63-43(7,8)9/h24-25,27,30-37,39H,12-23,26H2,1-11H3,(H,46,54)(H,47,50)(H,48,51,53)/t27-,30+,31-,32+,33-,34-,35-,36-,37-,39+/m1/s1. The van der Waals surface area contributed by atoms with Gasteiger partial charge in [-0.15, -0.1) is 0 Å². The first-order valence-electron chi connectivity index (χ1n) is 23.1. The Morgan fingerprint density at radius 1 is 0.794 bits per heavy atom. The molecule has 358 valence electrons. The third-order valence-corrected chi connectivity index (χ3v) is 11.5. The van der Waals surface area contributed by atoms with E-state index in [2.05, 4.69) is 22.5 Å². The SMILES string of the molecule is CCCCCCCCCCCC(=O)N[C@H](C(=O)OC(C)(C)C)[C@H](O[C@@H]1O[C@H](CNC(=O)OC(C)(C)C)[C@H]2OC(CC)(CC)O[C@@H]12)[C@H]1O[C@@H](n2ccc(=O)[nH]c2=O)[C@@H]2OC(C)(C)O[C@H]12. The second-order valence-corrected chi connectivity index (χ2v) is 19.5. The number of aromatic nitrogens is 2. The maximum Gasteiger partial charge on any atom is 0.407 e. The molecule has 18 heteroatoms. The molecule has 18 nitrogen and oxygen atoms in total. The van der Waals surface area contributed by atoms with Crippen molar-refractivity contribution in [1.29, 1.82) is 0 Å². The van der Waals surface area contributed by atoms with Crippen LogP contribution >= 0.6 is 0 Å². The van der Waals surface area contributed by atoms with Crippen LogP contribution in [0, 0.1) is 0 Å². The van der Waals surface area contributed by atoms with Gasteiger partial charge in [0.25, 0.3) is 5.56 Å². The Morgan fingerprint density at radius 2 is 1.40 bits per heavy atom. The lowest BCUT2D eigenvalue weighted by Crippen LogP contribution is -2.59. The molecule has 63 heavy (non-hydrogen) atoms. The summed E-state index contributed by atoms with van der Waals surface area (Å²) in [5.41, 5.74) is -3.10. The quantitative estimate of drug-likeness (QED) is 0.101. The lowest BCUT2D eigenvalue weighted by Gasteiger charge is -2.37. The zero-order valence-electron chi connectivity index (χ0n) is 39.3. The minimum absolute atomic E-state index is 0.0363. The number of carbonyl (C=O) groups excluding carboxylic acids is 3. The van der Waals surface area contributed by atoms with E-state index in [1.807, 2.05) is 13.8 Å². The monoisotopic (exact) mass is 895 g/mol. The third-order valence-electron chi connectivity index (χ3n) is 11.5. The molecule has 4 aliphatic heterocycles. The first-order valence-corrected chi connectivity index (χ1v) is 23.1. The van der Waals surface area contributed by atoms with Crippen LogP contribution in [0.25, 0.3) is 0 Å². The minimum Gasteiger partial charge on any atom is -0.458 e. The van der Waals surface area contributed by atoms with Gasteiger partial charge >= 0.3 is 17.8 Å². The molecule has 2 amide bonds. The maximum absolute atomic E-state index is 14.5. The van der Waals surface area contributed by atoms with Crippen LogP contribution in [0.4, 0.5) is 4.79 Å². The van der Waals surface area contributed by atoms with Gasteiger partial charge in [-0.1, -0.05) is 72.1 Å². The Morgan fingerprint density at radius 3 is 2.00 bits per heavy atom. The molecular weight excluding hydrogens is 821 g/mol. The molecule has 0 spiro atoms. The molecule has 0 saturated carbocycles. The Hall–Kier alpha value is -3.39. The van der Waals surface area contributed by atoms with E-state index in [1.165, 1.54) is 42.5 Å². The fraction of sp³-hybridized carbons (Fsp3) is 0.844. The predicted molar refractivity (Wildman–Crippen MR) is 230 cm³/mol. The zero-order chi connectivity index (χ0) is 46.3. The molecule has 4 aliphatic rings. The summed E-state index contributed by atoms with van der Waals surface area (Å²) in [4.78, 5) is 68.9. The van der Waals surface area contributed by atoms with Crippen LogP contribution in [0.5, 0.6) is 0 Å². The van der Waals surface area contributed by atoms with Crippen LogP contribution in [0.15, 0.2) is 21.9 Å². The smallest absolute Gasteiger partial charge is 0.407 e. The molecule has 0 bridgehead atoms. The highest BCUT2D eigenvalue weighted by Crippen LogP contribution is 2.47. The summed E-state index contributed by atoms with van der Waals surface area (Å²) in [6, 6.07) is -0.328. The summed E-state index contributed by atoms with van der Waals surface area (Å²) >= 11 is 0. The van der Waals surface area contributed by atoms with Crippen molar-refractivity contribution in [3.8, 4) is 0 Å². The lowest BCUT2D eigenvalue weighted by atomic mass is 9.98. The van der Waals surface area contributed by atoms with E-state index in [1.54, 1.807) is 55.4 Å². The molecule has 5 rings (SSSR count). The van der Waals surface area contributed by atoms with Gasteiger partial charge in [-0.3, -0.25) is 19.1 Å². The summed E-state index contributed by atoms with van der Waals surface area (Å²) in [6.07, 6.45) is 1.85. The Kier molecular flexibility index (Phi) is 17.1. The van der Waals surface area contributed by atoms with Crippen LogP contribution < -0.4 is 21.9 Å². The molecule has 10 atom stereocenters. The number of esters is 1. The van der Waals surface area contributed by atoms with Gasteiger partial charge in [-0.05, 0) is 74.7 Å². The van der Waals surface area contributed by atoms with Gasteiger partial charge in [-0.25, -0.2) is 14.4 Å². The number of hydrogen-bond acceptors (Lipinski definition) is 14. The second kappa shape index (κ2) is 21.3. The van der Waals surface area contributed by atoms with Crippen LogP contribution in [0.1, 0.15) is 159 Å². The van der Waals surface area contributed by atoms with Crippen LogP contribution in [0.2, 0.25) is 0 Å². The molecule has 0 unspecified atom stereocenters. The highest BCUT2D eigenvalue weighted by atomic mass is 16.8. The van der Waals surface area contributed by atoms with Crippen molar-refractivity contribution in [2.45, 2.75) is 237 Å². The van der Waals surface area contributed by atoms with Crippen LogP contribution in [-0.2, 0) is 52.2 Å². The normalized spacial score (nSPS) is 28.2. The molecule has 0 radical (unpaired) electrons. The molecule has 1 aromatic rings. The summed E-state index contributed by atoms with van der Waals surface area (Å²) in [7, 11) is 0. The number of unbranched alkanes of at least 4 members (excludes halogenated alkanes) is 8. The topological polar surface area (TPSA) is 213 Å². The van der Waals surface area contributed by atoms with E-state index in [0.717, 1.165) is 25.7 Å². The zero-order valence-corrected chi connectivity index (χ0v) is 39.3. The maximum atomic E-state index is 14.5. The Balaban J connectivity index is 1.50. The number of H-pyrrole nitrogens is 1. The van der Waals surface area contributed by atoms with E-state index in [-0.39, 0.29) is 13.0 Å². The summed E-state index contributed by atoms with van der Waals surface area (Å²) < 4.78 is 58.7. The largest absolute Gasteiger partial charge is 0.458 e. The minimum atomic E-state index is -1.51. The van der Waals surface area contributed by atoms with Crippen LogP contribution in [-0.4, -0.2) is 112 Å². The molecule has 4 fully saturated rings. The van der Waals surface area contributed by atoms with Gasteiger partial charge in [-0.2, -0.15) is 0 Å². The highest BCUT2D eigenvalue weighted by molar-refractivity contribution is 5.85. The van der Waals surface area contributed by atoms with Crippen LogP contribution in [0.3, 0.4) is 0 Å². The number of amides is 2. The van der Waals surface area contributed by atoms with Gasteiger partial charge in [0, 0.05) is 25.2 Å². The van der Waals surface area contributed by atoms with Gasteiger partial charge in [0.05, 0.1) is 0 Å². The second-order valence-electron chi connectivity index (χ2n) is 19.5. The number of hydrogen-bond donors (Lipinski definition) is 3. The van der Waals surface area contributed by atoms with Gasteiger partial charge in [0.1, 0.15) is 53.9 Å². The fourth-order valence-electron chi connectivity index (χ4n) is 8.54. The molecule has 4 saturated heterocycles. The summed E-state index contributed by atoms with van der Waals surface area (Å²) in [5.74, 6) is -3.42. The number of carbonyl (C=O) groups is 3. The van der Waals surface area contributed by atoms with Crippen molar-refractivity contribution in [3.63, 3.8) is 0 Å². The number of rotatable bonds is 21. The number of fused-ring (bicyclic) bond motifs is 2. The number of nitrogens with zero attached hydrogens (tertiary/aromatic N) is 1. The van der Waals surface area contributed by atoms with Crippen molar-refractivity contribution in [3.05, 3.63) is 33.1 Å². The van der Waals surface area contributed by atoms with Crippen molar-refractivity contribution in [2.75, 3.05) is 6.54 Å². The Bertz CT molecular complexity index is 1800. The molecular formula is C45H74N4O14. The first kappa shape index (κ1) is 50.6. The first-order chi connectivity index (χ1) is 29.6. The van der Waals surface area contributed by atoms with Crippen molar-refractivity contribution >= 4 is 18.0 Å². The van der Waals surface area contributed by atoms with E-state index < -0.39 is 113 Å². The average molecular weight is 895 g/mol. The summed E-state index contributed by atoms with van der Waals surface area (Å²) in [6.45, 7) is 19.8. The molecule has 5 heterocycles. The summed E-state index contributed by atoms with van der Waals surface area (Å²) in [5, 5.41) is 5.70. The highest BCUT2D eigenvalue weighted by Gasteiger charge is 2.63. The molecule has 3 N–H and O–H groups in total. The van der Waals surface area contributed by atoms with E-state index in [9.17, 15) is 24.0 Å².